The predicted octanol–water partition coefficient (Wildman–Crippen LogP) is 2.79. The fourth-order valence-corrected chi connectivity index (χ4v) is 2.29. The second-order valence-electron chi connectivity index (χ2n) is 3.48. The van der Waals surface area contributed by atoms with Crippen LogP contribution in [-0.2, 0) is 4.74 Å². The average Bonchev–Trinajstić information content (AvgIpc) is 2.14. The Morgan fingerprint density at radius 3 is 2.67 bits per heavy atom. The van der Waals surface area contributed by atoms with Crippen molar-refractivity contribution in [3.63, 3.8) is 0 Å². The lowest BCUT2D eigenvalue weighted by atomic mass is 9.87. The SMILES string of the molecule is Cl[Si]COCCC1CCCCC1. The van der Waals surface area contributed by atoms with Crippen LogP contribution in [-0.4, -0.2) is 21.7 Å². The van der Waals surface area contributed by atoms with E-state index < -0.39 is 0 Å². The van der Waals surface area contributed by atoms with E-state index in [-0.39, 0.29) is 0 Å². The van der Waals surface area contributed by atoms with Crippen LogP contribution in [0.5, 0.6) is 0 Å². The molecule has 1 fully saturated rings. The highest BCUT2D eigenvalue weighted by molar-refractivity contribution is 6.93. The smallest absolute Gasteiger partial charge is 0.202 e. The molecule has 0 aromatic rings. The van der Waals surface area contributed by atoms with E-state index in [2.05, 4.69) is 0 Å². The highest BCUT2D eigenvalue weighted by atomic mass is 35.6. The number of hydrogen-bond donors (Lipinski definition) is 0. The summed E-state index contributed by atoms with van der Waals surface area (Å²) in [4.78, 5) is 0. The lowest BCUT2D eigenvalue weighted by Crippen LogP contribution is -2.10. The summed E-state index contributed by atoms with van der Waals surface area (Å²) < 4.78 is 5.37. The standard InChI is InChI=1S/C9H17ClOSi/c10-12-8-11-7-6-9-4-2-1-3-5-9/h9H,1-8H2. The molecule has 2 radical (unpaired) electrons. The minimum absolute atomic E-state index is 0.427. The van der Waals surface area contributed by atoms with Gasteiger partial charge < -0.3 is 4.74 Å². The van der Waals surface area contributed by atoms with Crippen molar-refractivity contribution in [1.29, 1.82) is 0 Å². The fraction of sp³-hybridized carbons (Fsp3) is 1.00. The number of rotatable bonds is 5. The lowest BCUT2D eigenvalue weighted by Gasteiger charge is -2.20. The Kier molecular flexibility index (Phi) is 6.09. The zero-order valence-corrected chi connectivity index (χ0v) is 9.28. The Bertz CT molecular complexity index is 105. The van der Waals surface area contributed by atoms with Crippen LogP contribution >= 0.6 is 11.1 Å². The Morgan fingerprint density at radius 2 is 2.00 bits per heavy atom. The normalized spacial score (nSPS) is 19.8. The van der Waals surface area contributed by atoms with Gasteiger partial charge in [0, 0.05) is 6.61 Å². The van der Waals surface area contributed by atoms with Crippen LogP contribution in [0.2, 0.25) is 0 Å². The van der Waals surface area contributed by atoms with Crippen molar-refractivity contribution < 1.29 is 4.74 Å². The molecule has 12 heavy (non-hydrogen) atoms. The highest BCUT2D eigenvalue weighted by Gasteiger charge is 2.12. The maximum absolute atomic E-state index is 5.53. The molecule has 1 saturated carbocycles. The van der Waals surface area contributed by atoms with Crippen LogP contribution in [0, 0.1) is 5.92 Å². The molecule has 0 amide bonds. The van der Waals surface area contributed by atoms with Gasteiger partial charge in [0.15, 0.2) is 0 Å². The molecule has 1 nitrogen and oxygen atoms in total. The first-order valence-corrected chi connectivity index (χ1v) is 7.06. The van der Waals surface area contributed by atoms with Gasteiger partial charge in [-0.15, -0.1) is 0 Å². The van der Waals surface area contributed by atoms with E-state index in [0.29, 0.717) is 8.83 Å². The molecular weight excluding hydrogens is 188 g/mol. The number of hydrogen-bond acceptors (Lipinski definition) is 1. The van der Waals surface area contributed by atoms with E-state index in [1.807, 2.05) is 0 Å². The molecular formula is C9H17ClOSi. The highest BCUT2D eigenvalue weighted by Crippen LogP contribution is 2.25. The first kappa shape index (κ1) is 10.5. The number of halogens is 1. The van der Waals surface area contributed by atoms with E-state index in [1.54, 1.807) is 0 Å². The lowest BCUT2D eigenvalue weighted by molar-refractivity contribution is 0.150. The third kappa shape index (κ3) is 4.48. The van der Waals surface area contributed by atoms with Gasteiger partial charge >= 0.3 is 0 Å². The zero-order valence-electron chi connectivity index (χ0n) is 7.52. The largest absolute Gasteiger partial charge is 0.384 e. The summed E-state index contributed by atoms with van der Waals surface area (Å²) in [5, 5.41) is 0. The molecule has 0 atom stereocenters. The second kappa shape index (κ2) is 6.93. The van der Waals surface area contributed by atoms with Gasteiger partial charge in [0.1, 0.15) is 0 Å². The topological polar surface area (TPSA) is 9.23 Å². The Labute approximate surface area is 82.3 Å². The van der Waals surface area contributed by atoms with Gasteiger partial charge in [-0.05, 0) is 12.3 Å². The van der Waals surface area contributed by atoms with Crippen molar-refractivity contribution in [3.8, 4) is 0 Å². The molecule has 0 heterocycles. The van der Waals surface area contributed by atoms with Crippen LogP contribution < -0.4 is 0 Å². The van der Waals surface area contributed by atoms with Crippen molar-refractivity contribution in [3.05, 3.63) is 0 Å². The van der Waals surface area contributed by atoms with E-state index in [9.17, 15) is 0 Å². The molecule has 70 valence electrons. The summed E-state index contributed by atoms with van der Waals surface area (Å²) in [5.74, 6) is 0.942. The summed E-state index contributed by atoms with van der Waals surface area (Å²) in [6.07, 6.45) is 9.15. The van der Waals surface area contributed by atoms with Crippen molar-refractivity contribution in [2.45, 2.75) is 38.5 Å². The van der Waals surface area contributed by atoms with Gasteiger partial charge in [-0.25, -0.2) is 0 Å². The summed E-state index contributed by atoms with van der Waals surface area (Å²) >= 11 is 5.53. The van der Waals surface area contributed by atoms with Gasteiger partial charge in [-0.2, -0.15) is 11.1 Å². The molecule has 0 N–H and O–H groups in total. The van der Waals surface area contributed by atoms with Crippen molar-refractivity contribution in [2.24, 2.45) is 5.92 Å². The molecule has 0 aromatic carbocycles. The maximum Gasteiger partial charge on any atom is 0.202 e. The second-order valence-corrected chi connectivity index (χ2v) is 4.84. The van der Waals surface area contributed by atoms with Gasteiger partial charge in [0.25, 0.3) is 0 Å². The van der Waals surface area contributed by atoms with Crippen molar-refractivity contribution in [1.82, 2.24) is 0 Å². The van der Waals surface area contributed by atoms with Crippen LogP contribution in [0.1, 0.15) is 38.5 Å². The summed E-state index contributed by atoms with van der Waals surface area (Å²) in [7, 11) is 0.427. The fourth-order valence-electron chi connectivity index (χ4n) is 1.84. The van der Waals surface area contributed by atoms with Gasteiger partial charge in [-0.1, -0.05) is 32.1 Å². The Hall–Kier alpha value is 0.467. The zero-order chi connectivity index (χ0) is 8.65. The first-order valence-electron chi connectivity index (χ1n) is 4.84. The van der Waals surface area contributed by atoms with E-state index in [0.717, 1.165) is 18.8 Å². The molecule has 1 rings (SSSR count). The molecule has 0 spiro atoms. The van der Waals surface area contributed by atoms with E-state index >= 15 is 0 Å². The Morgan fingerprint density at radius 1 is 1.25 bits per heavy atom. The third-order valence-corrected chi connectivity index (χ3v) is 3.19. The molecule has 0 bridgehead atoms. The molecule has 3 heteroatoms. The first-order chi connectivity index (χ1) is 5.93. The molecule has 1 aliphatic carbocycles. The molecule has 0 aliphatic heterocycles. The van der Waals surface area contributed by atoms with Crippen molar-refractivity contribution in [2.75, 3.05) is 12.8 Å². The minimum atomic E-state index is 0.427. The third-order valence-electron chi connectivity index (χ3n) is 2.55. The predicted molar refractivity (Wildman–Crippen MR) is 53.6 cm³/mol. The van der Waals surface area contributed by atoms with Gasteiger partial charge in [0.05, 0.1) is 6.23 Å². The minimum Gasteiger partial charge on any atom is -0.384 e. The van der Waals surface area contributed by atoms with Crippen LogP contribution in [0.15, 0.2) is 0 Å². The maximum atomic E-state index is 5.53. The van der Waals surface area contributed by atoms with Crippen molar-refractivity contribution >= 4 is 19.9 Å². The summed E-state index contributed by atoms with van der Waals surface area (Å²) in [5.41, 5.74) is 0. The molecule has 0 saturated heterocycles. The van der Waals surface area contributed by atoms with E-state index in [4.69, 9.17) is 15.8 Å². The Balaban J connectivity index is 1.91. The molecule has 0 aromatic heterocycles. The number of ether oxygens (including phenoxy) is 1. The summed E-state index contributed by atoms with van der Waals surface area (Å²) in [6, 6.07) is 0. The van der Waals surface area contributed by atoms with Crippen LogP contribution in [0.3, 0.4) is 0 Å². The molecule has 1 aliphatic rings. The average molecular weight is 205 g/mol. The van der Waals surface area contributed by atoms with E-state index in [1.165, 1.54) is 38.5 Å². The monoisotopic (exact) mass is 204 g/mol. The van der Waals surface area contributed by atoms with Crippen LogP contribution in [0.4, 0.5) is 0 Å². The van der Waals surface area contributed by atoms with Gasteiger partial charge in [0.2, 0.25) is 8.83 Å². The van der Waals surface area contributed by atoms with Gasteiger partial charge in [-0.3, -0.25) is 0 Å². The quantitative estimate of drug-likeness (QED) is 0.380. The van der Waals surface area contributed by atoms with Crippen LogP contribution in [0.25, 0.3) is 0 Å². The summed E-state index contributed by atoms with van der Waals surface area (Å²) in [6.45, 7) is 0.921. The molecule has 0 unspecified atom stereocenters.